The Bertz CT molecular complexity index is 716. The van der Waals surface area contributed by atoms with Gasteiger partial charge in [0, 0.05) is 30.0 Å². The number of hydrogen-bond donors (Lipinski definition) is 2. The molecular formula is C17H18ClN3O3. The number of carboxylic acid groups (broad SMARTS) is 1. The minimum absolute atomic E-state index is 0.0249. The average Bonchev–Trinajstić information content (AvgIpc) is 2.57. The third-order valence-electron chi connectivity index (χ3n) is 4.07. The van der Waals surface area contributed by atoms with E-state index in [1.165, 1.54) is 6.20 Å². The Balaban J connectivity index is 2.05. The average molecular weight is 348 g/mol. The van der Waals surface area contributed by atoms with E-state index in [1.807, 2.05) is 11.0 Å². The van der Waals surface area contributed by atoms with Gasteiger partial charge in [0.15, 0.2) is 0 Å². The van der Waals surface area contributed by atoms with Gasteiger partial charge in [-0.2, -0.15) is 5.26 Å². The van der Waals surface area contributed by atoms with Gasteiger partial charge in [-0.15, -0.1) is 0 Å². The van der Waals surface area contributed by atoms with Crippen LogP contribution in [0, 0.1) is 24.2 Å². The van der Waals surface area contributed by atoms with E-state index >= 15 is 0 Å². The maximum Gasteiger partial charge on any atom is 0.306 e. The van der Waals surface area contributed by atoms with Crippen LogP contribution in [-0.4, -0.2) is 35.0 Å². The van der Waals surface area contributed by atoms with Gasteiger partial charge in [0.25, 0.3) is 5.91 Å². The molecule has 7 heteroatoms. The Morgan fingerprint density at radius 3 is 2.67 bits per heavy atom. The first-order valence-electron chi connectivity index (χ1n) is 7.57. The van der Waals surface area contributed by atoms with Crippen LogP contribution >= 0.6 is 11.6 Å². The highest BCUT2D eigenvalue weighted by atomic mass is 35.5. The topological polar surface area (TPSA) is 93.4 Å². The maximum atomic E-state index is 12.3. The van der Waals surface area contributed by atoms with Gasteiger partial charge in [-0.25, -0.2) is 0 Å². The Morgan fingerprint density at radius 2 is 2.08 bits per heavy atom. The van der Waals surface area contributed by atoms with Crippen LogP contribution in [0.2, 0.25) is 5.02 Å². The molecule has 6 nitrogen and oxygen atoms in total. The fourth-order valence-electron chi connectivity index (χ4n) is 2.53. The van der Waals surface area contributed by atoms with Gasteiger partial charge in [0.2, 0.25) is 0 Å². The first kappa shape index (κ1) is 17.8. The highest BCUT2D eigenvalue weighted by Crippen LogP contribution is 2.23. The minimum atomic E-state index is -0.798. The number of nitriles is 1. The van der Waals surface area contributed by atoms with Crippen molar-refractivity contribution in [2.24, 2.45) is 5.92 Å². The fourth-order valence-corrected chi connectivity index (χ4v) is 2.70. The number of halogens is 1. The molecule has 1 fully saturated rings. The van der Waals surface area contributed by atoms with Crippen LogP contribution in [0.4, 0.5) is 5.69 Å². The van der Waals surface area contributed by atoms with Crippen molar-refractivity contribution in [1.29, 1.82) is 5.26 Å². The molecule has 2 N–H and O–H groups in total. The second kappa shape index (κ2) is 7.84. The van der Waals surface area contributed by atoms with Crippen molar-refractivity contribution in [2.45, 2.75) is 19.8 Å². The molecule has 0 atom stereocenters. The number of benzene rings is 1. The summed E-state index contributed by atoms with van der Waals surface area (Å²) in [5.41, 5.74) is 1.26. The molecular weight excluding hydrogens is 330 g/mol. The van der Waals surface area contributed by atoms with Crippen LogP contribution in [0.3, 0.4) is 0 Å². The molecule has 1 heterocycles. The molecule has 0 saturated carbocycles. The third-order valence-corrected chi connectivity index (χ3v) is 4.48. The number of carboxylic acids is 1. The predicted octanol–water partition coefficient (Wildman–Crippen LogP) is 2.79. The molecule has 0 spiro atoms. The lowest BCUT2D eigenvalue weighted by molar-refractivity contribution is -0.143. The number of carbonyl (C=O) groups is 2. The molecule has 0 radical (unpaired) electrons. The number of rotatable bonds is 4. The Morgan fingerprint density at radius 1 is 1.42 bits per heavy atom. The van der Waals surface area contributed by atoms with Gasteiger partial charge in [-0.1, -0.05) is 17.7 Å². The standard InChI is InChI=1S/C17H18ClN3O3/c1-11-14(18)3-2-4-15(11)20-16(22)13(9-19)10-21-7-5-12(6-8-21)17(23)24/h2-4,10,12H,5-8H2,1H3,(H,20,22)(H,23,24)/b13-10-. The van der Waals surface area contributed by atoms with Crippen molar-refractivity contribution in [3.05, 3.63) is 40.6 Å². The lowest BCUT2D eigenvalue weighted by Gasteiger charge is -2.29. The molecule has 1 aromatic rings. The van der Waals surface area contributed by atoms with E-state index in [-0.39, 0.29) is 11.5 Å². The molecule has 0 aromatic heterocycles. The van der Waals surface area contributed by atoms with E-state index in [0.29, 0.717) is 36.6 Å². The van der Waals surface area contributed by atoms with Gasteiger partial charge in [-0.05, 0) is 37.5 Å². The zero-order valence-corrected chi connectivity index (χ0v) is 14.0. The van der Waals surface area contributed by atoms with Gasteiger partial charge in [0.05, 0.1) is 5.92 Å². The molecule has 0 unspecified atom stereocenters. The van der Waals surface area contributed by atoms with Crippen molar-refractivity contribution < 1.29 is 14.7 Å². The first-order valence-corrected chi connectivity index (χ1v) is 7.95. The maximum absolute atomic E-state index is 12.3. The van der Waals surface area contributed by atoms with Crippen molar-refractivity contribution in [2.75, 3.05) is 18.4 Å². The van der Waals surface area contributed by atoms with Gasteiger partial charge in [-0.3, -0.25) is 9.59 Å². The highest BCUT2D eigenvalue weighted by molar-refractivity contribution is 6.31. The number of hydrogen-bond acceptors (Lipinski definition) is 4. The van der Waals surface area contributed by atoms with Crippen molar-refractivity contribution in [1.82, 2.24) is 4.90 Å². The zero-order chi connectivity index (χ0) is 17.7. The van der Waals surface area contributed by atoms with E-state index in [4.69, 9.17) is 16.7 Å². The van der Waals surface area contributed by atoms with Gasteiger partial charge >= 0.3 is 5.97 Å². The number of aliphatic carboxylic acids is 1. The second-order valence-electron chi connectivity index (χ2n) is 5.67. The normalized spacial score (nSPS) is 15.7. The van der Waals surface area contributed by atoms with Crippen molar-refractivity contribution in [3.8, 4) is 6.07 Å². The highest BCUT2D eigenvalue weighted by Gasteiger charge is 2.24. The van der Waals surface area contributed by atoms with Gasteiger partial charge in [0.1, 0.15) is 11.6 Å². The van der Waals surface area contributed by atoms with Gasteiger partial charge < -0.3 is 15.3 Å². The summed E-state index contributed by atoms with van der Waals surface area (Å²) in [4.78, 5) is 25.0. The molecule has 2 rings (SSSR count). The molecule has 0 aliphatic carbocycles. The minimum Gasteiger partial charge on any atom is -0.481 e. The molecule has 1 aliphatic rings. The molecule has 126 valence electrons. The van der Waals surface area contributed by atoms with Crippen molar-refractivity contribution in [3.63, 3.8) is 0 Å². The predicted molar refractivity (Wildman–Crippen MR) is 90.4 cm³/mol. The molecule has 1 saturated heterocycles. The number of piperidine rings is 1. The largest absolute Gasteiger partial charge is 0.481 e. The van der Waals surface area contributed by atoms with Crippen LogP contribution in [0.25, 0.3) is 0 Å². The lowest BCUT2D eigenvalue weighted by atomic mass is 9.97. The Kier molecular flexibility index (Phi) is 5.83. The number of likely N-dealkylation sites (tertiary alicyclic amines) is 1. The quantitative estimate of drug-likeness (QED) is 0.645. The summed E-state index contributed by atoms with van der Waals surface area (Å²) in [6.07, 6.45) is 2.49. The fraction of sp³-hybridized carbons (Fsp3) is 0.353. The number of amides is 1. The van der Waals surface area contributed by atoms with Crippen molar-refractivity contribution >= 4 is 29.2 Å². The summed E-state index contributed by atoms with van der Waals surface area (Å²) in [6, 6.07) is 7.05. The zero-order valence-electron chi connectivity index (χ0n) is 13.3. The summed E-state index contributed by atoms with van der Waals surface area (Å²) in [6.45, 7) is 2.79. The van der Waals surface area contributed by atoms with E-state index in [0.717, 1.165) is 5.56 Å². The number of nitrogens with zero attached hydrogens (tertiary/aromatic N) is 2. The molecule has 1 aliphatic heterocycles. The van der Waals surface area contributed by atoms with Crippen LogP contribution in [-0.2, 0) is 9.59 Å². The first-order chi connectivity index (χ1) is 11.4. The van der Waals surface area contributed by atoms with E-state index in [2.05, 4.69) is 5.32 Å². The number of anilines is 1. The summed E-state index contributed by atoms with van der Waals surface area (Å²) in [7, 11) is 0. The summed E-state index contributed by atoms with van der Waals surface area (Å²) < 4.78 is 0. The van der Waals surface area contributed by atoms with E-state index in [1.54, 1.807) is 25.1 Å². The summed E-state index contributed by atoms with van der Waals surface area (Å²) in [5, 5.41) is 21.5. The molecule has 1 aromatic carbocycles. The van der Waals surface area contributed by atoms with Crippen LogP contribution in [0.1, 0.15) is 18.4 Å². The number of nitrogens with one attached hydrogen (secondary N) is 1. The Hall–Kier alpha value is -2.52. The van der Waals surface area contributed by atoms with E-state index in [9.17, 15) is 14.9 Å². The summed E-state index contributed by atoms with van der Waals surface area (Å²) in [5.74, 6) is -1.67. The summed E-state index contributed by atoms with van der Waals surface area (Å²) >= 11 is 6.02. The third kappa shape index (κ3) is 4.27. The van der Waals surface area contributed by atoms with Crippen LogP contribution in [0.5, 0.6) is 0 Å². The number of carbonyl (C=O) groups excluding carboxylic acids is 1. The van der Waals surface area contributed by atoms with E-state index < -0.39 is 11.9 Å². The monoisotopic (exact) mass is 347 g/mol. The molecule has 0 bridgehead atoms. The lowest BCUT2D eigenvalue weighted by Crippen LogP contribution is -2.33. The molecule has 24 heavy (non-hydrogen) atoms. The smallest absolute Gasteiger partial charge is 0.306 e. The Labute approximate surface area is 145 Å². The molecule has 1 amide bonds. The van der Waals surface area contributed by atoms with Crippen LogP contribution in [0.15, 0.2) is 30.0 Å². The second-order valence-corrected chi connectivity index (χ2v) is 6.08. The SMILES string of the molecule is Cc1c(Cl)cccc1NC(=O)/C(C#N)=C\N1CCC(C(=O)O)CC1. The van der Waals surface area contributed by atoms with Crippen LogP contribution < -0.4 is 5.32 Å².